The van der Waals surface area contributed by atoms with E-state index in [2.05, 4.69) is 6.58 Å². The Bertz CT molecular complexity index is 201. The molecule has 0 atom stereocenters. The minimum atomic E-state index is -0.225. The van der Waals surface area contributed by atoms with Crippen molar-refractivity contribution in [3.8, 4) is 0 Å². The van der Waals surface area contributed by atoms with Crippen LogP contribution in [-0.4, -0.2) is 11.5 Å². The van der Waals surface area contributed by atoms with Gasteiger partial charge in [0.05, 0.1) is 5.71 Å². The Morgan fingerprint density at radius 2 is 1.90 bits per heavy atom. The van der Waals surface area contributed by atoms with E-state index in [9.17, 15) is 4.79 Å². The second kappa shape index (κ2) is 3.77. The van der Waals surface area contributed by atoms with Gasteiger partial charge in [0.1, 0.15) is 0 Å². The highest BCUT2D eigenvalue weighted by molar-refractivity contribution is 6.42. The molecule has 0 saturated heterocycles. The molecule has 1 N–H and O–H groups in total. The summed E-state index contributed by atoms with van der Waals surface area (Å²) in [7, 11) is 0. The van der Waals surface area contributed by atoms with Gasteiger partial charge in [-0.25, -0.2) is 0 Å². The average molecular weight is 137 g/mol. The van der Waals surface area contributed by atoms with Crippen molar-refractivity contribution in [2.45, 2.75) is 13.8 Å². The molecule has 0 spiro atoms. The molecule has 0 amide bonds. The summed E-state index contributed by atoms with van der Waals surface area (Å²) >= 11 is 0. The normalized spacial score (nSPS) is 9.80. The number of rotatable bonds is 3. The Labute approximate surface area is 60.8 Å². The Kier molecular flexibility index (Phi) is 3.33. The van der Waals surface area contributed by atoms with Crippen LogP contribution >= 0.6 is 0 Å². The molecule has 0 aromatic rings. The second-order valence-electron chi connectivity index (χ2n) is 2.15. The SMILES string of the molecule is C=C(C)/C=C\C(=N)C(C)=O. The van der Waals surface area contributed by atoms with Crippen molar-refractivity contribution in [2.75, 3.05) is 0 Å². The molecule has 0 aliphatic heterocycles. The molecule has 0 fully saturated rings. The third-order valence-electron chi connectivity index (χ3n) is 0.914. The van der Waals surface area contributed by atoms with E-state index in [1.54, 1.807) is 6.08 Å². The average Bonchev–Trinajstić information content (AvgIpc) is 1.82. The van der Waals surface area contributed by atoms with E-state index in [0.717, 1.165) is 5.57 Å². The maximum atomic E-state index is 10.5. The van der Waals surface area contributed by atoms with Crippen LogP contribution in [0.4, 0.5) is 0 Å². The first-order valence-electron chi connectivity index (χ1n) is 2.97. The van der Waals surface area contributed by atoms with Crippen molar-refractivity contribution in [1.82, 2.24) is 0 Å². The number of hydrogen-bond donors (Lipinski definition) is 1. The largest absolute Gasteiger partial charge is 0.297 e. The van der Waals surface area contributed by atoms with Gasteiger partial charge in [-0.05, 0) is 13.0 Å². The van der Waals surface area contributed by atoms with E-state index in [-0.39, 0.29) is 11.5 Å². The van der Waals surface area contributed by atoms with Gasteiger partial charge in [0.2, 0.25) is 0 Å². The smallest absolute Gasteiger partial charge is 0.177 e. The van der Waals surface area contributed by atoms with Crippen LogP contribution in [0.15, 0.2) is 24.3 Å². The number of hydrogen-bond acceptors (Lipinski definition) is 2. The van der Waals surface area contributed by atoms with Crippen LogP contribution in [0.5, 0.6) is 0 Å². The van der Waals surface area contributed by atoms with Gasteiger partial charge in [-0.15, -0.1) is 0 Å². The highest BCUT2D eigenvalue weighted by Crippen LogP contribution is 1.89. The van der Waals surface area contributed by atoms with Crippen LogP contribution in [-0.2, 0) is 4.79 Å². The third kappa shape index (κ3) is 3.78. The van der Waals surface area contributed by atoms with Gasteiger partial charge in [0.25, 0.3) is 0 Å². The van der Waals surface area contributed by atoms with E-state index >= 15 is 0 Å². The van der Waals surface area contributed by atoms with Crippen molar-refractivity contribution >= 4 is 11.5 Å². The predicted molar refractivity (Wildman–Crippen MR) is 42.4 cm³/mol. The molecule has 2 heteroatoms. The summed E-state index contributed by atoms with van der Waals surface area (Å²) in [6, 6.07) is 0. The second-order valence-corrected chi connectivity index (χ2v) is 2.15. The lowest BCUT2D eigenvalue weighted by Crippen LogP contribution is -2.03. The van der Waals surface area contributed by atoms with Crippen molar-refractivity contribution in [3.05, 3.63) is 24.3 Å². The summed E-state index contributed by atoms with van der Waals surface area (Å²) in [6.45, 7) is 6.77. The lowest BCUT2D eigenvalue weighted by Gasteiger charge is -1.87. The van der Waals surface area contributed by atoms with E-state index in [4.69, 9.17) is 5.41 Å². The van der Waals surface area contributed by atoms with Crippen molar-refractivity contribution in [1.29, 1.82) is 5.41 Å². The summed E-state index contributed by atoms with van der Waals surface area (Å²) < 4.78 is 0. The minimum Gasteiger partial charge on any atom is -0.297 e. The van der Waals surface area contributed by atoms with Gasteiger partial charge < -0.3 is 0 Å². The number of ketones is 1. The fraction of sp³-hybridized carbons (Fsp3) is 0.250. The first-order chi connectivity index (χ1) is 4.54. The zero-order chi connectivity index (χ0) is 8.15. The molecule has 0 aliphatic rings. The zero-order valence-corrected chi connectivity index (χ0v) is 6.27. The summed E-state index contributed by atoms with van der Waals surface area (Å²) in [5.41, 5.74) is 0.856. The fourth-order valence-corrected chi connectivity index (χ4v) is 0.343. The van der Waals surface area contributed by atoms with Crippen LogP contribution in [0.3, 0.4) is 0 Å². The fourth-order valence-electron chi connectivity index (χ4n) is 0.343. The molecule has 0 aliphatic carbocycles. The Morgan fingerprint density at radius 3 is 2.20 bits per heavy atom. The molecule has 0 radical (unpaired) electrons. The molecule has 10 heavy (non-hydrogen) atoms. The molecule has 0 rings (SSSR count). The van der Waals surface area contributed by atoms with Crippen molar-refractivity contribution in [2.24, 2.45) is 0 Å². The predicted octanol–water partition coefficient (Wildman–Crippen LogP) is 1.73. The van der Waals surface area contributed by atoms with Crippen LogP contribution < -0.4 is 0 Å². The molecule has 0 heterocycles. The summed E-state index contributed by atoms with van der Waals surface area (Å²) in [5.74, 6) is -0.225. The van der Waals surface area contributed by atoms with Gasteiger partial charge in [0, 0.05) is 6.92 Å². The molecule has 0 bridgehead atoms. The van der Waals surface area contributed by atoms with Crippen LogP contribution in [0.25, 0.3) is 0 Å². The van der Waals surface area contributed by atoms with Gasteiger partial charge >= 0.3 is 0 Å². The van der Waals surface area contributed by atoms with Crippen molar-refractivity contribution in [3.63, 3.8) is 0 Å². The molecular formula is C8H11NO. The van der Waals surface area contributed by atoms with E-state index < -0.39 is 0 Å². The molecular weight excluding hydrogens is 126 g/mol. The lowest BCUT2D eigenvalue weighted by atomic mass is 10.2. The summed E-state index contributed by atoms with van der Waals surface area (Å²) in [4.78, 5) is 10.5. The number of allylic oxidation sites excluding steroid dienone is 3. The molecule has 2 nitrogen and oxygen atoms in total. The number of carbonyl (C=O) groups excluding carboxylic acids is 1. The first kappa shape index (κ1) is 8.82. The quantitative estimate of drug-likeness (QED) is 0.467. The van der Waals surface area contributed by atoms with Gasteiger partial charge in [-0.2, -0.15) is 0 Å². The van der Waals surface area contributed by atoms with Crippen LogP contribution in [0.2, 0.25) is 0 Å². The topological polar surface area (TPSA) is 40.9 Å². The Hall–Kier alpha value is -1.18. The zero-order valence-electron chi connectivity index (χ0n) is 6.27. The van der Waals surface area contributed by atoms with Crippen LogP contribution in [0, 0.1) is 5.41 Å². The molecule has 0 aromatic carbocycles. The van der Waals surface area contributed by atoms with Gasteiger partial charge in [0.15, 0.2) is 5.78 Å². The minimum absolute atomic E-state index is 0.0167. The van der Waals surface area contributed by atoms with Crippen LogP contribution in [0.1, 0.15) is 13.8 Å². The third-order valence-corrected chi connectivity index (χ3v) is 0.914. The van der Waals surface area contributed by atoms with E-state index in [1.165, 1.54) is 13.0 Å². The number of Topliss-reactive ketones (excluding diaryl/α,β-unsaturated/α-hetero) is 1. The maximum absolute atomic E-state index is 10.5. The molecule has 0 unspecified atom stereocenters. The number of nitrogens with one attached hydrogen (secondary N) is 1. The summed E-state index contributed by atoms with van der Waals surface area (Å²) in [5, 5.41) is 7.06. The number of carbonyl (C=O) groups is 1. The van der Waals surface area contributed by atoms with E-state index in [1.807, 2.05) is 6.92 Å². The maximum Gasteiger partial charge on any atom is 0.177 e. The highest BCUT2D eigenvalue weighted by Gasteiger charge is 1.94. The van der Waals surface area contributed by atoms with Gasteiger partial charge in [-0.1, -0.05) is 18.2 Å². The highest BCUT2D eigenvalue weighted by atomic mass is 16.1. The van der Waals surface area contributed by atoms with Crippen molar-refractivity contribution < 1.29 is 4.79 Å². The molecule has 54 valence electrons. The Balaban J connectivity index is 4.03. The summed E-state index contributed by atoms with van der Waals surface area (Å²) in [6.07, 6.45) is 3.09. The molecule has 0 saturated carbocycles. The monoisotopic (exact) mass is 137 g/mol. The first-order valence-corrected chi connectivity index (χ1v) is 2.97. The van der Waals surface area contributed by atoms with Gasteiger partial charge in [-0.3, -0.25) is 10.2 Å². The standard InChI is InChI=1S/C8H11NO/c1-6(2)4-5-8(9)7(3)10/h4-5,9H,1H2,2-3H3/b5-4-,9-8?. The lowest BCUT2D eigenvalue weighted by molar-refractivity contribution is -0.111. The van der Waals surface area contributed by atoms with E-state index in [0.29, 0.717) is 0 Å². The Morgan fingerprint density at radius 1 is 1.40 bits per heavy atom. The molecule has 0 aromatic heterocycles.